The van der Waals surface area contributed by atoms with Crippen LogP contribution in [0.2, 0.25) is 0 Å². The molecule has 1 aromatic rings. The van der Waals surface area contributed by atoms with Crippen LogP contribution in [-0.2, 0) is 11.3 Å². The summed E-state index contributed by atoms with van der Waals surface area (Å²) in [5.74, 6) is 2.84. The molecule has 2 aliphatic carbocycles. The average molecular weight is 375 g/mol. The SMILES string of the molecule is CCNC(=NCc1cc(C(CC)CC)no1)NC1C2CCOC2C12CCC2. The minimum atomic E-state index is 0.353. The van der Waals surface area contributed by atoms with Gasteiger partial charge in [0.25, 0.3) is 0 Å². The Labute approximate surface area is 162 Å². The molecular formula is C21H34N4O2. The number of hydrogen-bond donors (Lipinski definition) is 2. The van der Waals surface area contributed by atoms with Crippen molar-refractivity contribution >= 4 is 5.96 Å². The minimum absolute atomic E-state index is 0.353. The molecule has 0 aromatic carbocycles. The van der Waals surface area contributed by atoms with Crippen LogP contribution < -0.4 is 10.6 Å². The van der Waals surface area contributed by atoms with E-state index in [1.165, 1.54) is 25.7 Å². The molecule has 1 spiro atoms. The van der Waals surface area contributed by atoms with Crippen molar-refractivity contribution in [3.05, 3.63) is 17.5 Å². The summed E-state index contributed by atoms with van der Waals surface area (Å²) in [5.41, 5.74) is 1.41. The standard InChI is InChI=1S/C21H34N4O2/c1-4-14(5-2)17-12-15(27-25-17)13-23-20(22-6-3)24-18-16-8-11-26-19(16)21(18)9-7-10-21/h12,14,16,18-19H,4-11,13H2,1-3H3,(H2,22,23,24). The number of ether oxygens (including phenoxy) is 1. The second-order valence-electron chi connectivity index (χ2n) is 8.38. The van der Waals surface area contributed by atoms with E-state index < -0.39 is 0 Å². The number of fused-ring (bicyclic) bond motifs is 2. The molecule has 0 amide bonds. The predicted molar refractivity (Wildman–Crippen MR) is 106 cm³/mol. The van der Waals surface area contributed by atoms with Crippen molar-refractivity contribution in [3.63, 3.8) is 0 Å². The van der Waals surface area contributed by atoms with Gasteiger partial charge in [-0.3, -0.25) is 0 Å². The number of nitrogens with one attached hydrogen (secondary N) is 2. The highest BCUT2D eigenvalue weighted by atomic mass is 16.5. The van der Waals surface area contributed by atoms with Crippen LogP contribution in [0.15, 0.2) is 15.6 Å². The fraction of sp³-hybridized carbons (Fsp3) is 0.810. The number of aromatic nitrogens is 1. The van der Waals surface area contributed by atoms with E-state index in [-0.39, 0.29) is 0 Å². The smallest absolute Gasteiger partial charge is 0.191 e. The Bertz CT molecular complexity index is 663. The summed E-state index contributed by atoms with van der Waals surface area (Å²) in [6.07, 6.45) is 7.72. The lowest BCUT2D eigenvalue weighted by molar-refractivity contribution is -0.171. The van der Waals surface area contributed by atoms with E-state index in [2.05, 4.69) is 42.6 Å². The fourth-order valence-electron chi connectivity index (χ4n) is 5.38. The first-order valence-electron chi connectivity index (χ1n) is 10.8. The van der Waals surface area contributed by atoms with E-state index in [1.807, 2.05) is 0 Å². The van der Waals surface area contributed by atoms with E-state index in [0.717, 1.165) is 43.4 Å². The molecule has 27 heavy (non-hydrogen) atoms. The summed E-state index contributed by atoms with van der Waals surface area (Å²) in [6.45, 7) is 8.79. The van der Waals surface area contributed by atoms with Gasteiger partial charge in [0, 0.05) is 42.5 Å². The first kappa shape index (κ1) is 18.8. The average Bonchev–Trinajstić information content (AvgIpc) is 3.26. The number of aliphatic imine (C=N–C) groups is 1. The van der Waals surface area contributed by atoms with Crippen LogP contribution in [0.5, 0.6) is 0 Å². The van der Waals surface area contributed by atoms with Gasteiger partial charge in [-0.15, -0.1) is 0 Å². The number of guanidine groups is 1. The lowest BCUT2D eigenvalue weighted by Crippen LogP contribution is -2.72. The zero-order valence-electron chi connectivity index (χ0n) is 17.0. The van der Waals surface area contributed by atoms with Gasteiger partial charge in [0.15, 0.2) is 11.7 Å². The van der Waals surface area contributed by atoms with E-state index in [0.29, 0.717) is 35.9 Å². The first-order valence-corrected chi connectivity index (χ1v) is 10.8. The van der Waals surface area contributed by atoms with Gasteiger partial charge in [-0.25, -0.2) is 4.99 Å². The maximum Gasteiger partial charge on any atom is 0.191 e. The van der Waals surface area contributed by atoms with E-state index in [9.17, 15) is 0 Å². The van der Waals surface area contributed by atoms with Crippen molar-refractivity contribution < 1.29 is 9.26 Å². The molecule has 0 radical (unpaired) electrons. The summed E-state index contributed by atoms with van der Waals surface area (Å²) in [6, 6.07) is 2.56. The Morgan fingerprint density at radius 2 is 2.15 bits per heavy atom. The molecule has 2 heterocycles. The fourth-order valence-corrected chi connectivity index (χ4v) is 5.38. The summed E-state index contributed by atoms with van der Waals surface area (Å²) < 4.78 is 11.6. The van der Waals surface area contributed by atoms with Crippen LogP contribution in [0, 0.1) is 11.3 Å². The molecule has 3 unspecified atom stereocenters. The molecule has 6 heteroatoms. The molecule has 2 saturated carbocycles. The topological polar surface area (TPSA) is 71.7 Å². The molecule has 1 aliphatic heterocycles. The van der Waals surface area contributed by atoms with Gasteiger partial charge in [-0.2, -0.15) is 0 Å². The Kier molecular flexibility index (Phi) is 5.44. The van der Waals surface area contributed by atoms with Gasteiger partial charge in [-0.05, 0) is 39.0 Å². The zero-order chi connectivity index (χ0) is 18.9. The first-order chi connectivity index (χ1) is 13.2. The maximum atomic E-state index is 6.03. The summed E-state index contributed by atoms with van der Waals surface area (Å²) in [7, 11) is 0. The van der Waals surface area contributed by atoms with Crippen LogP contribution in [0.3, 0.4) is 0 Å². The second kappa shape index (κ2) is 7.82. The maximum absolute atomic E-state index is 6.03. The third-order valence-corrected chi connectivity index (χ3v) is 7.05. The molecule has 3 aliphatic rings. The summed E-state index contributed by atoms with van der Waals surface area (Å²) in [5, 5.41) is 11.4. The van der Waals surface area contributed by atoms with Crippen LogP contribution in [0.1, 0.15) is 76.7 Å². The number of rotatable bonds is 7. The largest absolute Gasteiger partial charge is 0.377 e. The molecule has 150 valence electrons. The second-order valence-corrected chi connectivity index (χ2v) is 8.38. The monoisotopic (exact) mass is 374 g/mol. The van der Waals surface area contributed by atoms with Gasteiger partial charge in [-0.1, -0.05) is 25.4 Å². The predicted octanol–water partition coefficient (Wildman–Crippen LogP) is 3.59. The van der Waals surface area contributed by atoms with Crippen LogP contribution in [0.4, 0.5) is 0 Å². The quantitative estimate of drug-likeness (QED) is 0.564. The van der Waals surface area contributed by atoms with E-state index in [1.54, 1.807) is 0 Å². The van der Waals surface area contributed by atoms with Gasteiger partial charge in [0.2, 0.25) is 0 Å². The van der Waals surface area contributed by atoms with Gasteiger partial charge in [0.1, 0.15) is 6.54 Å². The Morgan fingerprint density at radius 1 is 1.33 bits per heavy atom. The zero-order valence-corrected chi connectivity index (χ0v) is 17.0. The molecule has 3 atom stereocenters. The molecule has 1 saturated heterocycles. The van der Waals surface area contributed by atoms with Crippen molar-refractivity contribution in [3.8, 4) is 0 Å². The molecule has 3 fully saturated rings. The van der Waals surface area contributed by atoms with Crippen LogP contribution >= 0.6 is 0 Å². The van der Waals surface area contributed by atoms with Gasteiger partial charge >= 0.3 is 0 Å². The molecule has 2 N–H and O–H groups in total. The molecule has 1 aromatic heterocycles. The Morgan fingerprint density at radius 3 is 2.81 bits per heavy atom. The van der Waals surface area contributed by atoms with Crippen molar-refractivity contribution in [2.45, 2.75) is 83.9 Å². The highest BCUT2D eigenvalue weighted by Crippen LogP contribution is 2.62. The molecule has 0 bridgehead atoms. The van der Waals surface area contributed by atoms with Crippen molar-refractivity contribution in [2.75, 3.05) is 13.2 Å². The lowest BCUT2D eigenvalue weighted by Gasteiger charge is -2.63. The highest BCUT2D eigenvalue weighted by molar-refractivity contribution is 5.80. The third kappa shape index (κ3) is 3.26. The van der Waals surface area contributed by atoms with Gasteiger partial charge < -0.3 is 19.9 Å². The normalized spacial score (nSPS) is 28.7. The third-order valence-electron chi connectivity index (χ3n) is 7.05. The highest BCUT2D eigenvalue weighted by Gasteiger charge is 2.66. The Hall–Kier alpha value is -1.56. The van der Waals surface area contributed by atoms with E-state index in [4.69, 9.17) is 14.3 Å². The summed E-state index contributed by atoms with van der Waals surface area (Å²) in [4.78, 5) is 4.79. The number of hydrogen-bond acceptors (Lipinski definition) is 4. The van der Waals surface area contributed by atoms with Gasteiger partial charge in [0.05, 0.1) is 11.8 Å². The summed E-state index contributed by atoms with van der Waals surface area (Å²) >= 11 is 0. The van der Waals surface area contributed by atoms with Crippen molar-refractivity contribution in [1.29, 1.82) is 0 Å². The van der Waals surface area contributed by atoms with Crippen LogP contribution in [0.25, 0.3) is 0 Å². The van der Waals surface area contributed by atoms with Crippen LogP contribution in [-0.4, -0.2) is 36.4 Å². The van der Waals surface area contributed by atoms with Crippen molar-refractivity contribution in [1.82, 2.24) is 15.8 Å². The molecule has 6 nitrogen and oxygen atoms in total. The van der Waals surface area contributed by atoms with Crippen molar-refractivity contribution in [2.24, 2.45) is 16.3 Å². The molecular weight excluding hydrogens is 340 g/mol. The lowest BCUT2D eigenvalue weighted by atomic mass is 9.46. The number of nitrogens with zero attached hydrogens (tertiary/aromatic N) is 2. The molecule has 4 rings (SSSR count). The Balaban J connectivity index is 1.42. The van der Waals surface area contributed by atoms with E-state index >= 15 is 0 Å². The minimum Gasteiger partial charge on any atom is -0.377 e.